The van der Waals surface area contributed by atoms with Gasteiger partial charge in [-0.2, -0.15) is 0 Å². The predicted octanol–water partition coefficient (Wildman–Crippen LogP) is 0.525. The van der Waals surface area contributed by atoms with Crippen molar-refractivity contribution < 1.29 is 19.1 Å². The van der Waals surface area contributed by atoms with Crippen LogP contribution in [0.25, 0.3) is 0 Å². The van der Waals surface area contributed by atoms with Gasteiger partial charge in [-0.25, -0.2) is 0 Å². The zero-order chi connectivity index (χ0) is 10.1. The Kier molecular flexibility index (Phi) is 2.40. The molecule has 0 bridgehead atoms. The lowest BCUT2D eigenvalue weighted by Crippen LogP contribution is -2.30. The molecule has 4 nitrogen and oxygen atoms in total. The van der Waals surface area contributed by atoms with Crippen LogP contribution in [0.3, 0.4) is 0 Å². The smallest absolute Gasteiger partial charge is 0.323 e. The highest BCUT2D eigenvalue weighted by molar-refractivity contribution is 6.04. The first-order chi connectivity index (χ1) is 6.13. The standard InChI is InChI=1S/C9H12O4/c1-4-6-5-9(6,7(10)12-2)8(11)13-3/h4,6H,1,5H2,2-3H3/t6-/m0/s1. The maximum Gasteiger partial charge on any atom is 0.323 e. The Morgan fingerprint density at radius 3 is 2.08 bits per heavy atom. The summed E-state index contributed by atoms with van der Waals surface area (Å²) >= 11 is 0. The van der Waals surface area contributed by atoms with E-state index in [-0.39, 0.29) is 5.92 Å². The lowest BCUT2D eigenvalue weighted by Gasteiger charge is -2.10. The van der Waals surface area contributed by atoms with E-state index in [0.29, 0.717) is 6.42 Å². The number of esters is 2. The van der Waals surface area contributed by atoms with Crippen LogP contribution in [0.15, 0.2) is 12.7 Å². The second kappa shape index (κ2) is 3.20. The second-order valence-electron chi connectivity index (χ2n) is 3.00. The van der Waals surface area contributed by atoms with Gasteiger partial charge in [0, 0.05) is 5.92 Å². The van der Waals surface area contributed by atoms with E-state index < -0.39 is 17.4 Å². The molecule has 0 aromatic heterocycles. The summed E-state index contributed by atoms with van der Waals surface area (Å²) in [5.74, 6) is -1.22. The molecule has 72 valence electrons. The van der Waals surface area contributed by atoms with Crippen molar-refractivity contribution in [3.05, 3.63) is 12.7 Å². The van der Waals surface area contributed by atoms with Crippen molar-refractivity contribution in [2.24, 2.45) is 11.3 Å². The number of rotatable bonds is 3. The van der Waals surface area contributed by atoms with Gasteiger partial charge in [0.25, 0.3) is 0 Å². The van der Waals surface area contributed by atoms with Gasteiger partial charge in [-0.15, -0.1) is 6.58 Å². The normalized spacial score (nSPS) is 23.1. The molecule has 0 amide bonds. The molecule has 0 N–H and O–H groups in total. The highest BCUT2D eigenvalue weighted by Gasteiger charge is 2.66. The van der Waals surface area contributed by atoms with Gasteiger partial charge in [0.1, 0.15) is 0 Å². The second-order valence-corrected chi connectivity index (χ2v) is 3.00. The minimum absolute atomic E-state index is 0.146. The maximum atomic E-state index is 11.3. The topological polar surface area (TPSA) is 52.6 Å². The third-order valence-electron chi connectivity index (χ3n) is 2.40. The van der Waals surface area contributed by atoms with Gasteiger partial charge in [-0.1, -0.05) is 6.08 Å². The molecular weight excluding hydrogens is 172 g/mol. The first-order valence-electron chi connectivity index (χ1n) is 3.93. The first-order valence-corrected chi connectivity index (χ1v) is 3.93. The Balaban J connectivity index is 2.86. The van der Waals surface area contributed by atoms with Crippen molar-refractivity contribution in [3.8, 4) is 0 Å². The van der Waals surface area contributed by atoms with Crippen LogP contribution in [-0.4, -0.2) is 26.2 Å². The lowest BCUT2D eigenvalue weighted by atomic mass is 10.0. The summed E-state index contributed by atoms with van der Waals surface area (Å²) in [6.45, 7) is 3.54. The molecule has 1 aliphatic rings. The molecule has 1 aliphatic carbocycles. The number of hydrogen-bond donors (Lipinski definition) is 0. The number of hydrogen-bond acceptors (Lipinski definition) is 4. The molecule has 0 aromatic carbocycles. The van der Waals surface area contributed by atoms with Gasteiger partial charge in [0.2, 0.25) is 0 Å². The molecule has 1 atom stereocenters. The Labute approximate surface area is 76.5 Å². The van der Waals surface area contributed by atoms with Crippen LogP contribution in [0.2, 0.25) is 0 Å². The summed E-state index contributed by atoms with van der Waals surface area (Å²) in [4.78, 5) is 22.6. The maximum absolute atomic E-state index is 11.3. The SMILES string of the molecule is C=C[C@H]1CC1(C(=O)OC)C(=O)OC. The van der Waals surface area contributed by atoms with Crippen LogP contribution in [0, 0.1) is 11.3 Å². The minimum atomic E-state index is -1.11. The van der Waals surface area contributed by atoms with Gasteiger partial charge >= 0.3 is 11.9 Å². The van der Waals surface area contributed by atoms with E-state index in [2.05, 4.69) is 16.1 Å². The monoisotopic (exact) mass is 184 g/mol. The average Bonchev–Trinajstić information content (AvgIpc) is 2.91. The van der Waals surface area contributed by atoms with E-state index in [4.69, 9.17) is 0 Å². The zero-order valence-electron chi connectivity index (χ0n) is 7.70. The van der Waals surface area contributed by atoms with Gasteiger partial charge < -0.3 is 9.47 Å². The van der Waals surface area contributed by atoms with E-state index >= 15 is 0 Å². The van der Waals surface area contributed by atoms with Crippen LogP contribution in [0.1, 0.15) is 6.42 Å². The molecule has 0 unspecified atom stereocenters. The van der Waals surface area contributed by atoms with Crippen LogP contribution in [-0.2, 0) is 19.1 Å². The highest BCUT2D eigenvalue weighted by Crippen LogP contribution is 2.54. The van der Waals surface area contributed by atoms with Gasteiger partial charge in [0.05, 0.1) is 14.2 Å². The van der Waals surface area contributed by atoms with E-state index in [1.54, 1.807) is 6.08 Å². The van der Waals surface area contributed by atoms with E-state index in [0.717, 1.165) is 0 Å². The van der Waals surface area contributed by atoms with Crippen LogP contribution < -0.4 is 0 Å². The van der Waals surface area contributed by atoms with Crippen LogP contribution in [0.5, 0.6) is 0 Å². The van der Waals surface area contributed by atoms with Gasteiger partial charge in [-0.3, -0.25) is 9.59 Å². The summed E-state index contributed by atoms with van der Waals surface area (Å²) in [5.41, 5.74) is -1.11. The average molecular weight is 184 g/mol. The van der Waals surface area contributed by atoms with Gasteiger partial charge in [0.15, 0.2) is 5.41 Å². The Hall–Kier alpha value is -1.32. The van der Waals surface area contributed by atoms with Crippen LogP contribution in [0.4, 0.5) is 0 Å². The van der Waals surface area contributed by atoms with Crippen molar-refractivity contribution in [2.75, 3.05) is 14.2 Å². The van der Waals surface area contributed by atoms with Crippen molar-refractivity contribution in [3.63, 3.8) is 0 Å². The summed E-state index contributed by atoms with van der Waals surface area (Å²) in [6.07, 6.45) is 2.02. The molecule has 0 spiro atoms. The number of allylic oxidation sites excluding steroid dienone is 1. The van der Waals surface area contributed by atoms with Gasteiger partial charge in [-0.05, 0) is 6.42 Å². The fourth-order valence-electron chi connectivity index (χ4n) is 1.49. The van der Waals surface area contributed by atoms with E-state index in [1.165, 1.54) is 14.2 Å². The lowest BCUT2D eigenvalue weighted by molar-refractivity contribution is -0.161. The van der Waals surface area contributed by atoms with Crippen molar-refractivity contribution in [1.29, 1.82) is 0 Å². The van der Waals surface area contributed by atoms with Crippen molar-refractivity contribution >= 4 is 11.9 Å². The molecular formula is C9H12O4. The summed E-state index contributed by atoms with van der Waals surface area (Å²) < 4.78 is 9.09. The third-order valence-corrected chi connectivity index (χ3v) is 2.40. The Morgan fingerprint density at radius 2 is 1.85 bits per heavy atom. The summed E-state index contributed by atoms with van der Waals surface area (Å²) in [6, 6.07) is 0. The minimum Gasteiger partial charge on any atom is -0.468 e. The highest BCUT2D eigenvalue weighted by atomic mass is 16.5. The number of carbonyl (C=O) groups excluding carboxylic acids is 2. The summed E-state index contributed by atoms with van der Waals surface area (Å²) in [7, 11) is 2.51. The van der Waals surface area contributed by atoms with Crippen molar-refractivity contribution in [2.45, 2.75) is 6.42 Å². The molecule has 0 heterocycles. The molecule has 0 aromatic rings. The van der Waals surface area contributed by atoms with E-state index in [1.807, 2.05) is 0 Å². The first kappa shape index (κ1) is 9.77. The van der Waals surface area contributed by atoms with E-state index in [9.17, 15) is 9.59 Å². The molecule has 1 saturated carbocycles. The molecule has 0 aliphatic heterocycles. The fourth-order valence-corrected chi connectivity index (χ4v) is 1.49. The zero-order valence-corrected chi connectivity index (χ0v) is 7.70. The molecule has 1 fully saturated rings. The molecule has 1 rings (SSSR count). The number of carbonyl (C=O) groups is 2. The third kappa shape index (κ3) is 1.22. The Bertz CT molecular complexity index is 240. The molecule has 0 radical (unpaired) electrons. The summed E-state index contributed by atoms with van der Waals surface area (Å²) in [5, 5.41) is 0. The predicted molar refractivity (Wildman–Crippen MR) is 44.8 cm³/mol. The van der Waals surface area contributed by atoms with Crippen LogP contribution >= 0.6 is 0 Å². The fraction of sp³-hybridized carbons (Fsp3) is 0.556. The molecule has 4 heteroatoms. The molecule has 13 heavy (non-hydrogen) atoms. The number of ether oxygens (including phenoxy) is 2. The largest absolute Gasteiger partial charge is 0.468 e. The quantitative estimate of drug-likeness (QED) is 0.364. The number of methoxy groups -OCH3 is 2. The van der Waals surface area contributed by atoms with Crippen molar-refractivity contribution in [1.82, 2.24) is 0 Å². The molecule has 0 saturated heterocycles. The Morgan fingerprint density at radius 1 is 1.38 bits per heavy atom.